The molecule has 0 radical (unpaired) electrons. The monoisotopic (exact) mass is 275 g/mol. The highest BCUT2D eigenvalue weighted by Crippen LogP contribution is 2.28. The number of ether oxygens (including phenoxy) is 1. The predicted molar refractivity (Wildman–Crippen MR) is 66.1 cm³/mol. The average Bonchev–Trinajstić information content (AvgIpc) is 2.35. The van der Waals surface area contributed by atoms with E-state index in [2.05, 4.69) is 15.3 Å². The van der Waals surface area contributed by atoms with Gasteiger partial charge in [-0.3, -0.25) is 0 Å². The quantitative estimate of drug-likeness (QED) is 0.809. The molecular formula is C12H16F3N3O. The summed E-state index contributed by atoms with van der Waals surface area (Å²) in [4.78, 5) is 6.78. The summed E-state index contributed by atoms with van der Waals surface area (Å²) in [5.41, 5.74) is 0. The number of nitrogens with one attached hydrogen (secondary N) is 1. The zero-order valence-electron chi connectivity index (χ0n) is 10.8. The topological polar surface area (TPSA) is 47.0 Å². The molecule has 4 nitrogen and oxygen atoms in total. The van der Waals surface area contributed by atoms with E-state index in [1.165, 1.54) is 6.07 Å². The highest BCUT2D eigenvalue weighted by Gasteiger charge is 2.35. The number of anilines is 1. The van der Waals surface area contributed by atoms with E-state index in [1.54, 1.807) is 19.1 Å². The van der Waals surface area contributed by atoms with Gasteiger partial charge in [-0.15, -0.1) is 0 Å². The van der Waals surface area contributed by atoms with Crippen LogP contribution in [-0.2, 0) is 6.18 Å². The molecule has 1 N–H and O–H groups in total. The zero-order chi connectivity index (χ0) is 14.3. The van der Waals surface area contributed by atoms with Crippen LogP contribution in [0.2, 0.25) is 0 Å². The van der Waals surface area contributed by atoms with Crippen molar-refractivity contribution in [2.24, 2.45) is 0 Å². The molecule has 1 aromatic heterocycles. The minimum Gasteiger partial charge on any atom is -0.473 e. The maximum absolute atomic E-state index is 12.6. The standard InChI is InChI=1S/C12H16F3N3O/c1-3-5-7-19-10-8-9(16-6-4-2)17-11(18-10)12(13,14)15/h3,5,8H,4,6-7H2,1-2H3,(H,16,17,18)/b5-3+. The normalized spacial score (nSPS) is 11.8. The van der Waals surface area contributed by atoms with Crippen LogP contribution in [0.5, 0.6) is 5.88 Å². The minimum absolute atomic E-state index is 0.0981. The van der Waals surface area contributed by atoms with E-state index in [4.69, 9.17) is 4.74 Å². The van der Waals surface area contributed by atoms with Crippen molar-refractivity contribution in [1.29, 1.82) is 0 Å². The summed E-state index contributed by atoms with van der Waals surface area (Å²) in [5, 5.41) is 2.79. The molecule has 1 aromatic rings. The van der Waals surface area contributed by atoms with Crippen molar-refractivity contribution in [3.05, 3.63) is 24.0 Å². The Morgan fingerprint density at radius 2 is 2.11 bits per heavy atom. The SMILES string of the molecule is C/C=C/COc1cc(NCCC)nc(C(F)(F)F)n1. The molecule has 0 fully saturated rings. The fourth-order valence-corrected chi connectivity index (χ4v) is 1.20. The van der Waals surface area contributed by atoms with Gasteiger partial charge in [0.25, 0.3) is 0 Å². The molecular weight excluding hydrogens is 259 g/mol. The first-order valence-corrected chi connectivity index (χ1v) is 5.91. The van der Waals surface area contributed by atoms with Gasteiger partial charge < -0.3 is 10.1 Å². The van der Waals surface area contributed by atoms with Crippen LogP contribution in [0.3, 0.4) is 0 Å². The van der Waals surface area contributed by atoms with Gasteiger partial charge in [-0.2, -0.15) is 18.2 Å². The molecule has 0 atom stereocenters. The minimum atomic E-state index is -4.59. The van der Waals surface area contributed by atoms with Crippen molar-refractivity contribution >= 4 is 5.82 Å². The number of alkyl halides is 3. The summed E-state index contributed by atoms with van der Waals surface area (Å²) in [7, 11) is 0. The van der Waals surface area contributed by atoms with E-state index in [1.807, 2.05) is 6.92 Å². The summed E-state index contributed by atoms with van der Waals surface area (Å²) in [5.74, 6) is -1.19. The van der Waals surface area contributed by atoms with Crippen molar-refractivity contribution < 1.29 is 17.9 Å². The lowest BCUT2D eigenvalue weighted by Crippen LogP contribution is -2.14. The summed E-state index contributed by atoms with van der Waals surface area (Å²) >= 11 is 0. The number of hydrogen-bond acceptors (Lipinski definition) is 4. The number of nitrogens with zero attached hydrogens (tertiary/aromatic N) is 2. The molecule has 1 rings (SSSR count). The van der Waals surface area contributed by atoms with Crippen molar-refractivity contribution in [3.63, 3.8) is 0 Å². The Morgan fingerprint density at radius 1 is 1.37 bits per heavy atom. The Kier molecular flexibility index (Phi) is 5.59. The summed E-state index contributed by atoms with van der Waals surface area (Å²) < 4.78 is 43.0. The van der Waals surface area contributed by atoms with E-state index in [0.29, 0.717) is 6.54 Å². The molecule has 0 spiro atoms. The van der Waals surface area contributed by atoms with E-state index < -0.39 is 12.0 Å². The predicted octanol–water partition coefficient (Wildman–Crippen LogP) is 3.27. The van der Waals surface area contributed by atoms with Gasteiger partial charge in [0.2, 0.25) is 11.7 Å². The lowest BCUT2D eigenvalue weighted by atomic mass is 10.4. The van der Waals surface area contributed by atoms with Crippen molar-refractivity contribution in [3.8, 4) is 5.88 Å². The Balaban J connectivity index is 2.95. The Labute approximate surface area is 109 Å². The number of aromatic nitrogens is 2. The first kappa shape index (κ1) is 15.3. The Morgan fingerprint density at radius 3 is 2.68 bits per heavy atom. The molecule has 0 saturated heterocycles. The van der Waals surface area contributed by atoms with Crippen LogP contribution in [0.15, 0.2) is 18.2 Å². The molecule has 0 unspecified atom stereocenters. The van der Waals surface area contributed by atoms with Gasteiger partial charge >= 0.3 is 6.18 Å². The largest absolute Gasteiger partial charge is 0.473 e. The highest BCUT2D eigenvalue weighted by atomic mass is 19.4. The molecule has 0 bridgehead atoms. The van der Waals surface area contributed by atoms with Crippen LogP contribution in [0.4, 0.5) is 19.0 Å². The average molecular weight is 275 g/mol. The van der Waals surface area contributed by atoms with Crippen molar-refractivity contribution in [1.82, 2.24) is 9.97 Å². The summed E-state index contributed by atoms with van der Waals surface area (Å²) in [6.07, 6.45) is -0.403. The molecule has 1 heterocycles. The second-order valence-electron chi connectivity index (χ2n) is 3.72. The van der Waals surface area contributed by atoms with Crippen molar-refractivity contribution in [2.75, 3.05) is 18.5 Å². The molecule has 0 aromatic carbocycles. The van der Waals surface area contributed by atoms with Crippen LogP contribution in [0.25, 0.3) is 0 Å². The molecule has 19 heavy (non-hydrogen) atoms. The molecule has 0 aliphatic heterocycles. The third-order valence-corrected chi connectivity index (χ3v) is 2.08. The molecule has 7 heteroatoms. The number of allylic oxidation sites excluding steroid dienone is 1. The van der Waals surface area contributed by atoms with Gasteiger partial charge in [0.15, 0.2) is 0 Å². The van der Waals surface area contributed by atoms with Gasteiger partial charge in [-0.1, -0.05) is 19.1 Å². The van der Waals surface area contributed by atoms with Gasteiger partial charge in [-0.25, -0.2) is 4.98 Å². The van der Waals surface area contributed by atoms with Gasteiger partial charge in [0, 0.05) is 12.6 Å². The van der Waals surface area contributed by atoms with Gasteiger partial charge in [-0.05, 0) is 13.3 Å². The van der Waals surface area contributed by atoms with E-state index >= 15 is 0 Å². The zero-order valence-corrected chi connectivity index (χ0v) is 10.8. The third-order valence-electron chi connectivity index (χ3n) is 2.08. The van der Waals surface area contributed by atoms with Crippen LogP contribution in [0, 0.1) is 0 Å². The molecule has 106 valence electrons. The smallest absolute Gasteiger partial charge is 0.451 e. The molecule has 0 amide bonds. The fourth-order valence-electron chi connectivity index (χ4n) is 1.20. The van der Waals surface area contributed by atoms with Crippen molar-refractivity contribution in [2.45, 2.75) is 26.4 Å². The molecule has 0 aliphatic rings. The van der Waals surface area contributed by atoms with Crippen LogP contribution < -0.4 is 10.1 Å². The lowest BCUT2D eigenvalue weighted by Gasteiger charge is -2.11. The summed E-state index contributed by atoms with van der Waals surface area (Å²) in [6.45, 7) is 4.39. The van der Waals surface area contributed by atoms with E-state index in [0.717, 1.165) is 6.42 Å². The van der Waals surface area contributed by atoms with Gasteiger partial charge in [0.1, 0.15) is 12.4 Å². The van der Waals surface area contributed by atoms with E-state index in [-0.39, 0.29) is 18.3 Å². The number of halogens is 3. The van der Waals surface area contributed by atoms with Gasteiger partial charge in [0.05, 0.1) is 0 Å². The second kappa shape index (κ2) is 6.96. The first-order chi connectivity index (χ1) is 8.97. The molecule has 0 aliphatic carbocycles. The van der Waals surface area contributed by atoms with E-state index in [9.17, 15) is 13.2 Å². The third kappa shape index (κ3) is 5.15. The van der Waals surface area contributed by atoms with Crippen LogP contribution >= 0.6 is 0 Å². The molecule has 0 saturated carbocycles. The second-order valence-corrected chi connectivity index (χ2v) is 3.72. The number of rotatable bonds is 6. The van der Waals surface area contributed by atoms with Crippen LogP contribution in [-0.4, -0.2) is 23.1 Å². The Hall–Kier alpha value is -1.79. The first-order valence-electron chi connectivity index (χ1n) is 5.91. The van der Waals surface area contributed by atoms with Crippen LogP contribution in [0.1, 0.15) is 26.1 Å². The Bertz CT molecular complexity index is 433. The maximum atomic E-state index is 12.6. The summed E-state index contributed by atoms with van der Waals surface area (Å²) in [6, 6.07) is 1.36. The lowest BCUT2D eigenvalue weighted by molar-refractivity contribution is -0.145. The maximum Gasteiger partial charge on any atom is 0.451 e. The fraction of sp³-hybridized carbons (Fsp3) is 0.500. The number of hydrogen-bond donors (Lipinski definition) is 1. The highest BCUT2D eigenvalue weighted by molar-refractivity contribution is 5.38.